The number of hydrogen-bond donors (Lipinski definition) is 1. The van der Waals surface area contributed by atoms with Crippen molar-refractivity contribution in [1.82, 2.24) is 10.2 Å². The number of nitrogens with one attached hydrogen (secondary N) is 1. The first-order valence-corrected chi connectivity index (χ1v) is 8.89. The Morgan fingerprint density at radius 1 is 1.09 bits per heavy atom. The van der Waals surface area contributed by atoms with Gasteiger partial charge in [0.1, 0.15) is 0 Å². The number of unbranched alkanes of at least 4 members (excludes halogenated alkanes) is 1. The van der Waals surface area contributed by atoms with E-state index in [0.29, 0.717) is 0 Å². The minimum Gasteiger partial charge on any atom is -0.314 e. The van der Waals surface area contributed by atoms with Gasteiger partial charge in [-0.3, -0.25) is 4.79 Å². The highest BCUT2D eigenvalue weighted by molar-refractivity contribution is 8.02. The molecule has 2 aliphatic heterocycles. The third-order valence-electron chi connectivity index (χ3n) is 4.14. The molecule has 5 heteroatoms. The van der Waals surface area contributed by atoms with Crippen LogP contribution in [-0.2, 0) is 4.79 Å². The summed E-state index contributed by atoms with van der Waals surface area (Å²) in [5.41, 5.74) is 1.05. The van der Waals surface area contributed by atoms with Gasteiger partial charge < -0.3 is 15.1 Å². The number of para-hydroxylation sites is 1. The van der Waals surface area contributed by atoms with E-state index in [4.69, 9.17) is 0 Å². The maximum absolute atomic E-state index is 12.3. The van der Waals surface area contributed by atoms with Crippen LogP contribution in [0.1, 0.15) is 12.8 Å². The van der Waals surface area contributed by atoms with Crippen molar-refractivity contribution in [3.63, 3.8) is 0 Å². The molecule has 0 spiro atoms. The molecule has 0 aromatic heterocycles. The Hall–Kier alpha value is -1.30. The van der Waals surface area contributed by atoms with Gasteiger partial charge in [0, 0.05) is 43.7 Å². The van der Waals surface area contributed by atoms with Gasteiger partial charge in [0.15, 0.2) is 0 Å². The molecule has 1 fully saturated rings. The predicted molar refractivity (Wildman–Crippen MR) is 92.3 cm³/mol. The van der Waals surface area contributed by atoms with Crippen molar-refractivity contribution >= 4 is 23.4 Å². The van der Waals surface area contributed by atoms with Gasteiger partial charge in [-0.05, 0) is 36.9 Å². The first-order chi connectivity index (χ1) is 10.8. The zero-order valence-electron chi connectivity index (χ0n) is 12.8. The lowest BCUT2D eigenvalue weighted by Crippen LogP contribution is -2.43. The second kappa shape index (κ2) is 7.81. The van der Waals surface area contributed by atoms with Crippen molar-refractivity contribution < 1.29 is 4.79 Å². The van der Waals surface area contributed by atoms with E-state index in [0.717, 1.165) is 62.7 Å². The van der Waals surface area contributed by atoms with Crippen molar-refractivity contribution in [3.05, 3.63) is 35.7 Å². The van der Waals surface area contributed by atoms with Crippen LogP contribution >= 0.6 is 11.8 Å². The zero-order chi connectivity index (χ0) is 15.2. The number of thioether (sulfide) groups is 1. The fraction of sp³-hybridized carbons (Fsp3) is 0.471. The van der Waals surface area contributed by atoms with Crippen LogP contribution in [0.2, 0.25) is 0 Å². The van der Waals surface area contributed by atoms with Crippen LogP contribution in [0, 0.1) is 0 Å². The van der Waals surface area contributed by atoms with Crippen molar-refractivity contribution in [1.29, 1.82) is 0 Å². The molecule has 1 aromatic carbocycles. The van der Waals surface area contributed by atoms with Gasteiger partial charge in [0.25, 0.3) is 5.91 Å². The van der Waals surface area contributed by atoms with Gasteiger partial charge in [0.05, 0.1) is 5.69 Å². The summed E-state index contributed by atoms with van der Waals surface area (Å²) in [6, 6.07) is 8.16. The van der Waals surface area contributed by atoms with E-state index in [2.05, 4.69) is 16.3 Å². The molecule has 0 aliphatic carbocycles. The number of amides is 1. The van der Waals surface area contributed by atoms with Crippen LogP contribution < -0.4 is 10.2 Å². The van der Waals surface area contributed by atoms with E-state index >= 15 is 0 Å². The Kier molecular flexibility index (Phi) is 5.53. The first-order valence-electron chi connectivity index (χ1n) is 8.01. The molecule has 0 saturated carbocycles. The molecule has 4 nitrogen and oxygen atoms in total. The summed E-state index contributed by atoms with van der Waals surface area (Å²) in [5.74, 6) is 0.0969. The Morgan fingerprint density at radius 2 is 1.86 bits per heavy atom. The summed E-state index contributed by atoms with van der Waals surface area (Å²) in [5, 5.41) is 5.27. The molecule has 0 bridgehead atoms. The molecule has 1 N–H and O–H groups in total. The van der Waals surface area contributed by atoms with Gasteiger partial charge >= 0.3 is 0 Å². The lowest BCUT2D eigenvalue weighted by Gasteiger charge is -2.27. The van der Waals surface area contributed by atoms with Crippen LogP contribution in [0.25, 0.3) is 0 Å². The number of carbonyl (C=O) groups excluding carboxylic acids is 1. The van der Waals surface area contributed by atoms with Gasteiger partial charge in [-0.2, -0.15) is 0 Å². The average molecular weight is 317 g/mol. The quantitative estimate of drug-likeness (QED) is 0.846. The number of benzene rings is 1. The second-order valence-corrected chi connectivity index (χ2v) is 6.62. The third kappa shape index (κ3) is 3.91. The molecule has 118 valence electrons. The maximum atomic E-state index is 12.3. The van der Waals surface area contributed by atoms with Gasteiger partial charge in [-0.25, -0.2) is 0 Å². The lowest BCUT2D eigenvalue weighted by atomic mass is 10.2. The highest BCUT2D eigenvalue weighted by atomic mass is 32.2. The molecule has 3 rings (SSSR count). The van der Waals surface area contributed by atoms with E-state index in [-0.39, 0.29) is 5.91 Å². The highest BCUT2D eigenvalue weighted by Crippen LogP contribution is 2.33. The summed E-state index contributed by atoms with van der Waals surface area (Å²) >= 11 is 1.62. The fourth-order valence-electron chi connectivity index (χ4n) is 2.92. The number of fused-ring (bicyclic) bond motifs is 1. The molecule has 2 heterocycles. The van der Waals surface area contributed by atoms with Crippen LogP contribution in [0.3, 0.4) is 0 Å². The normalized spacial score (nSPS) is 19.1. The topological polar surface area (TPSA) is 35.6 Å². The summed E-state index contributed by atoms with van der Waals surface area (Å²) in [7, 11) is 0. The Balaban J connectivity index is 1.54. The van der Waals surface area contributed by atoms with Gasteiger partial charge in [-0.15, -0.1) is 0 Å². The molecule has 2 aliphatic rings. The Labute approximate surface area is 136 Å². The van der Waals surface area contributed by atoms with E-state index in [1.807, 2.05) is 28.5 Å². The van der Waals surface area contributed by atoms with Crippen LogP contribution in [0.5, 0.6) is 0 Å². The van der Waals surface area contributed by atoms with Crippen LogP contribution in [-0.4, -0.2) is 50.1 Å². The minimum atomic E-state index is 0.0969. The van der Waals surface area contributed by atoms with Crippen molar-refractivity contribution in [2.24, 2.45) is 0 Å². The third-order valence-corrected chi connectivity index (χ3v) is 5.01. The van der Waals surface area contributed by atoms with Gasteiger partial charge in [0.2, 0.25) is 0 Å². The van der Waals surface area contributed by atoms with Crippen molar-refractivity contribution in [2.45, 2.75) is 17.7 Å². The number of anilines is 1. The Bertz CT molecular complexity index is 540. The maximum Gasteiger partial charge on any atom is 0.251 e. The Morgan fingerprint density at radius 3 is 2.73 bits per heavy atom. The lowest BCUT2D eigenvalue weighted by molar-refractivity contribution is -0.114. The molecule has 0 atom stereocenters. The first kappa shape index (κ1) is 15.6. The van der Waals surface area contributed by atoms with Crippen LogP contribution in [0.4, 0.5) is 5.69 Å². The number of rotatable bonds is 5. The zero-order valence-corrected chi connectivity index (χ0v) is 13.6. The van der Waals surface area contributed by atoms with Crippen molar-refractivity contribution in [2.75, 3.05) is 44.2 Å². The predicted octanol–water partition coefficient (Wildman–Crippen LogP) is 2.32. The number of nitrogens with zero attached hydrogens (tertiary/aromatic N) is 2. The molecule has 1 amide bonds. The molecule has 22 heavy (non-hydrogen) atoms. The average Bonchev–Trinajstić information content (AvgIpc) is 2.71. The van der Waals surface area contributed by atoms with Gasteiger partial charge in [-0.1, -0.05) is 23.9 Å². The molecule has 1 aromatic rings. The smallest absolute Gasteiger partial charge is 0.251 e. The van der Waals surface area contributed by atoms with E-state index in [1.165, 1.54) is 0 Å². The van der Waals surface area contributed by atoms with E-state index in [9.17, 15) is 4.79 Å². The SMILES string of the molecule is O=C1C=CSc2ccccc2N1CCCCN1CCNCC1. The molecular formula is C17H23N3OS. The summed E-state index contributed by atoms with van der Waals surface area (Å²) in [6.45, 7) is 6.42. The minimum absolute atomic E-state index is 0.0969. The molecule has 0 radical (unpaired) electrons. The monoisotopic (exact) mass is 317 g/mol. The van der Waals surface area contributed by atoms with Crippen LogP contribution in [0.15, 0.2) is 40.6 Å². The van der Waals surface area contributed by atoms with Crippen molar-refractivity contribution in [3.8, 4) is 0 Å². The van der Waals surface area contributed by atoms with E-state index in [1.54, 1.807) is 17.8 Å². The standard InChI is InChI=1S/C17H23N3OS/c21-17-7-14-22-16-6-2-1-5-15(16)20(17)11-4-3-10-19-12-8-18-9-13-19/h1-2,5-7,14,18H,3-4,8-13H2. The molecular weight excluding hydrogens is 294 g/mol. The summed E-state index contributed by atoms with van der Waals surface area (Å²) in [4.78, 5) is 17.9. The summed E-state index contributed by atoms with van der Waals surface area (Å²) in [6.07, 6.45) is 3.87. The number of hydrogen-bond acceptors (Lipinski definition) is 4. The fourth-order valence-corrected chi connectivity index (χ4v) is 3.71. The van der Waals surface area contributed by atoms with E-state index < -0.39 is 0 Å². The largest absolute Gasteiger partial charge is 0.314 e. The number of piperazine rings is 1. The molecule has 0 unspecified atom stereocenters. The second-order valence-electron chi connectivity index (χ2n) is 5.68. The number of carbonyl (C=O) groups is 1. The highest BCUT2D eigenvalue weighted by Gasteiger charge is 2.19. The molecule has 1 saturated heterocycles. The summed E-state index contributed by atoms with van der Waals surface area (Å²) < 4.78 is 0.